The lowest BCUT2D eigenvalue weighted by molar-refractivity contribution is -0.152. The average Bonchev–Trinajstić information content (AvgIpc) is 3.25. The summed E-state index contributed by atoms with van der Waals surface area (Å²) >= 11 is 13.1. The molecule has 1 aliphatic rings. The smallest absolute Gasteiger partial charge is 0.309 e. The second-order valence-electron chi connectivity index (χ2n) is 6.37. The lowest BCUT2D eigenvalue weighted by Gasteiger charge is -2.29. The van der Waals surface area contributed by atoms with E-state index in [1.54, 1.807) is 35.7 Å². The highest BCUT2D eigenvalue weighted by molar-refractivity contribution is 7.91. The van der Waals surface area contributed by atoms with Crippen molar-refractivity contribution in [2.24, 2.45) is 5.92 Å². The molecular weight excluding hydrogens is 459 g/mol. The van der Waals surface area contributed by atoms with Crippen LogP contribution in [0.15, 0.2) is 39.9 Å². The molecule has 1 amide bonds. The molecule has 2 aromatic rings. The van der Waals surface area contributed by atoms with Crippen molar-refractivity contribution in [3.8, 4) is 0 Å². The van der Waals surface area contributed by atoms with E-state index in [0.717, 1.165) is 11.3 Å². The van der Waals surface area contributed by atoms with Gasteiger partial charge in [0.2, 0.25) is 0 Å². The second-order valence-corrected chi connectivity index (χ2v) is 10.3. The normalized spacial score (nSPS) is 15.8. The van der Waals surface area contributed by atoms with Gasteiger partial charge in [0.1, 0.15) is 4.21 Å². The molecule has 1 aromatic heterocycles. The molecule has 1 aromatic carbocycles. The summed E-state index contributed by atoms with van der Waals surface area (Å²) in [6.45, 7) is -0.00990. The van der Waals surface area contributed by atoms with Gasteiger partial charge in [-0.3, -0.25) is 9.59 Å². The summed E-state index contributed by atoms with van der Waals surface area (Å²) in [6.07, 6.45) is 0.677. The number of nitrogens with zero attached hydrogens (tertiary/aromatic N) is 1. The third-order valence-corrected chi connectivity index (χ3v) is 8.54. The Morgan fingerprint density at radius 1 is 1.17 bits per heavy atom. The third kappa shape index (κ3) is 5.29. The maximum absolute atomic E-state index is 12.5. The largest absolute Gasteiger partial charge is 0.455 e. The molecule has 0 spiro atoms. The molecule has 1 fully saturated rings. The molecule has 1 aliphatic heterocycles. The van der Waals surface area contributed by atoms with Crippen molar-refractivity contribution in [1.82, 2.24) is 4.31 Å². The van der Waals surface area contributed by atoms with E-state index in [4.69, 9.17) is 27.9 Å². The van der Waals surface area contributed by atoms with Crippen LogP contribution in [0.25, 0.3) is 0 Å². The van der Waals surface area contributed by atoms with Gasteiger partial charge in [-0.2, -0.15) is 4.31 Å². The van der Waals surface area contributed by atoms with Gasteiger partial charge in [-0.05, 0) is 36.4 Å². The molecule has 7 nitrogen and oxygen atoms in total. The van der Waals surface area contributed by atoms with Crippen LogP contribution in [0.2, 0.25) is 10.0 Å². The number of carbonyl (C=O) groups excluding carboxylic acids is 2. The highest BCUT2D eigenvalue weighted by atomic mass is 35.5. The number of anilines is 1. The first-order valence-electron chi connectivity index (χ1n) is 8.73. The minimum absolute atomic E-state index is 0.202. The third-order valence-electron chi connectivity index (χ3n) is 4.45. The zero-order valence-corrected chi connectivity index (χ0v) is 18.3. The number of hydrogen-bond acceptors (Lipinski definition) is 6. The van der Waals surface area contributed by atoms with Crippen LogP contribution >= 0.6 is 34.5 Å². The number of piperidine rings is 1. The van der Waals surface area contributed by atoms with Crippen molar-refractivity contribution in [3.05, 3.63) is 45.8 Å². The van der Waals surface area contributed by atoms with Crippen LogP contribution in [0.1, 0.15) is 12.8 Å². The van der Waals surface area contributed by atoms with E-state index in [1.807, 2.05) is 0 Å². The summed E-state index contributed by atoms with van der Waals surface area (Å²) in [5.74, 6) is -1.52. The van der Waals surface area contributed by atoms with Crippen LogP contribution in [-0.2, 0) is 24.3 Å². The van der Waals surface area contributed by atoms with Crippen molar-refractivity contribution in [2.45, 2.75) is 17.1 Å². The van der Waals surface area contributed by atoms with Gasteiger partial charge in [-0.1, -0.05) is 35.3 Å². The predicted molar refractivity (Wildman–Crippen MR) is 112 cm³/mol. The number of nitrogens with one attached hydrogen (secondary N) is 1. The number of thiophene rings is 1. The van der Waals surface area contributed by atoms with Crippen molar-refractivity contribution in [2.75, 3.05) is 25.0 Å². The molecule has 0 bridgehead atoms. The van der Waals surface area contributed by atoms with Gasteiger partial charge in [0, 0.05) is 13.1 Å². The Morgan fingerprint density at radius 3 is 2.55 bits per heavy atom. The highest BCUT2D eigenvalue weighted by Crippen LogP contribution is 2.30. The SMILES string of the molecule is O=C(COC(=O)C1CCN(S(=O)(=O)c2cccs2)CC1)Nc1cccc(Cl)c1Cl. The Labute approximate surface area is 182 Å². The van der Waals surface area contributed by atoms with Crippen molar-refractivity contribution in [1.29, 1.82) is 0 Å². The lowest BCUT2D eigenvalue weighted by Crippen LogP contribution is -2.40. The van der Waals surface area contributed by atoms with Crippen LogP contribution in [0.3, 0.4) is 0 Å². The fraction of sp³-hybridized carbons (Fsp3) is 0.333. The number of amides is 1. The number of rotatable bonds is 6. The first-order valence-corrected chi connectivity index (χ1v) is 11.8. The molecule has 29 heavy (non-hydrogen) atoms. The maximum atomic E-state index is 12.5. The number of ether oxygens (including phenoxy) is 1. The topological polar surface area (TPSA) is 92.8 Å². The highest BCUT2D eigenvalue weighted by Gasteiger charge is 2.33. The minimum atomic E-state index is -3.52. The Morgan fingerprint density at radius 2 is 1.90 bits per heavy atom. The van der Waals surface area contributed by atoms with Gasteiger partial charge in [0.15, 0.2) is 6.61 Å². The summed E-state index contributed by atoms with van der Waals surface area (Å²) < 4.78 is 31.8. The van der Waals surface area contributed by atoms with Gasteiger partial charge < -0.3 is 10.1 Å². The first-order chi connectivity index (χ1) is 13.8. The van der Waals surface area contributed by atoms with E-state index in [1.165, 1.54) is 4.31 Å². The Bertz CT molecular complexity index is 988. The Hall–Kier alpha value is -1.65. The van der Waals surface area contributed by atoms with E-state index in [0.29, 0.717) is 23.6 Å². The van der Waals surface area contributed by atoms with E-state index >= 15 is 0 Å². The molecule has 1 N–H and O–H groups in total. The summed E-state index contributed by atoms with van der Waals surface area (Å²) in [5.41, 5.74) is 0.326. The fourth-order valence-electron chi connectivity index (χ4n) is 2.91. The quantitative estimate of drug-likeness (QED) is 0.642. The summed E-state index contributed by atoms with van der Waals surface area (Å²) in [6, 6.07) is 8.05. The lowest BCUT2D eigenvalue weighted by atomic mass is 9.98. The van der Waals surface area contributed by atoms with Gasteiger partial charge >= 0.3 is 5.97 Å². The van der Waals surface area contributed by atoms with Gasteiger partial charge in [0.25, 0.3) is 15.9 Å². The molecule has 2 heterocycles. The van der Waals surface area contributed by atoms with Crippen molar-refractivity contribution < 1.29 is 22.7 Å². The van der Waals surface area contributed by atoms with Crippen LogP contribution in [-0.4, -0.2) is 44.3 Å². The molecule has 0 unspecified atom stereocenters. The van der Waals surface area contributed by atoms with Crippen LogP contribution in [0, 0.1) is 5.92 Å². The monoisotopic (exact) mass is 476 g/mol. The Kier molecular flexibility index (Phi) is 7.18. The molecule has 1 saturated heterocycles. The molecule has 0 aliphatic carbocycles. The summed E-state index contributed by atoms with van der Waals surface area (Å²) in [5, 5.41) is 4.74. The van der Waals surface area contributed by atoms with Crippen LogP contribution in [0.5, 0.6) is 0 Å². The molecule has 156 valence electrons. The van der Waals surface area contributed by atoms with Crippen molar-refractivity contribution >= 4 is 62.1 Å². The zero-order valence-electron chi connectivity index (χ0n) is 15.1. The average molecular weight is 477 g/mol. The summed E-state index contributed by atoms with van der Waals surface area (Å²) in [7, 11) is -3.52. The molecule has 0 saturated carbocycles. The second kappa shape index (κ2) is 9.44. The molecule has 0 radical (unpaired) electrons. The van der Waals surface area contributed by atoms with E-state index < -0.39 is 34.4 Å². The number of sulfonamides is 1. The number of hydrogen-bond donors (Lipinski definition) is 1. The number of halogens is 2. The van der Waals surface area contributed by atoms with E-state index in [2.05, 4.69) is 5.32 Å². The fourth-order valence-corrected chi connectivity index (χ4v) is 5.87. The number of benzene rings is 1. The Balaban J connectivity index is 1.47. The van der Waals surface area contributed by atoms with Crippen LogP contribution < -0.4 is 5.32 Å². The standard InChI is InChI=1S/C18H18Cl2N2O5S2/c19-13-3-1-4-14(17(13)20)21-15(23)11-27-18(24)12-6-8-22(9-7-12)29(25,26)16-5-2-10-28-16/h1-5,10,12H,6-9,11H2,(H,21,23). The van der Waals surface area contributed by atoms with Crippen LogP contribution in [0.4, 0.5) is 5.69 Å². The minimum Gasteiger partial charge on any atom is -0.455 e. The first kappa shape index (κ1) is 22.0. The van der Waals surface area contributed by atoms with Gasteiger partial charge in [0.05, 0.1) is 21.7 Å². The maximum Gasteiger partial charge on any atom is 0.309 e. The molecular formula is C18H18Cl2N2O5S2. The zero-order chi connectivity index (χ0) is 21.0. The van der Waals surface area contributed by atoms with Gasteiger partial charge in [-0.25, -0.2) is 8.42 Å². The van der Waals surface area contributed by atoms with Crippen molar-refractivity contribution in [3.63, 3.8) is 0 Å². The molecule has 0 atom stereocenters. The number of esters is 1. The number of carbonyl (C=O) groups is 2. The molecule has 3 rings (SSSR count). The van der Waals surface area contributed by atoms with E-state index in [9.17, 15) is 18.0 Å². The molecule has 11 heteroatoms. The predicted octanol–water partition coefficient (Wildman–Crippen LogP) is 3.64. The van der Waals surface area contributed by atoms with E-state index in [-0.39, 0.29) is 22.3 Å². The summed E-state index contributed by atoms with van der Waals surface area (Å²) in [4.78, 5) is 24.2. The van der Waals surface area contributed by atoms with Gasteiger partial charge in [-0.15, -0.1) is 11.3 Å².